The third-order valence-corrected chi connectivity index (χ3v) is 5.61. The summed E-state index contributed by atoms with van der Waals surface area (Å²) in [6.07, 6.45) is 9.71. The second-order valence-corrected chi connectivity index (χ2v) is 6.94. The molecule has 4 aliphatic rings. The normalized spacial score (nSPS) is 44.7. The van der Waals surface area contributed by atoms with Crippen LogP contribution in [0, 0.1) is 23.2 Å². The predicted octanol–water partition coefficient (Wildman–Crippen LogP) is 3.12. The summed E-state index contributed by atoms with van der Waals surface area (Å²) in [6, 6.07) is 0.438. The maximum absolute atomic E-state index is 11.4. The summed E-state index contributed by atoms with van der Waals surface area (Å²) in [7, 11) is 0. The first kappa shape index (κ1) is 11.6. The van der Waals surface area contributed by atoms with Gasteiger partial charge >= 0.3 is 0 Å². The molecule has 0 aromatic carbocycles. The highest BCUT2D eigenvalue weighted by Gasteiger charge is 2.53. The summed E-state index contributed by atoms with van der Waals surface area (Å²) >= 11 is 0. The third kappa shape index (κ3) is 1.90. The summed E-state index contributed by atoms with van der Waals surface area (Å²) in [6.45, 7) is 3.91. The first-order valence-electron chi connectivity index (χ1n) is 7.38. The number of carbonyl (C=O) groups excluding carboxylic acids is 1. The van der Waals surface area contributed by atoms with Gasteiger partial charge < -0.3 is 5.32 Å². The van der Waals surface area contributed by atoms with Crippen LogP contribution < -0.4 is 5.32 Å². The van der Waals surface area contributed by atoms with Gasteiger partial charge in [0.2, 0.25) is 5.91 Å². The number of carbonyl (C=O) groups is 1. The van der Waals surface area contributed by atoms with Gasteiger partial charge in [-0.15, -0.1) is 0 Å². The van der Waals surface area contributed by atoms with Crippen LogP contribution in [0.3, 0.4) is 0 Å². The smallest absolute Gasteiger partial charge is 0.217 e. The standard InChI is InChI=1S/C15H25NO/c1-3-14(16-10(2)17)15-7-11-4-12(8-15)6-13(5-11)9-15/h11-14H,3-9H2,1-2H3,(H,16,17)/t11?,12?,13?,14-,15?/m1/s1. The van der Waals surface area contributed by atoms with E-state index in [1.807, 2.05) is 0 Å². The molecule has 0 radical (unpaired) electrons. The minimum absolute atomic E-state index is 0.160. The van der Waals surface area contributed by atoms with E-state index in [9.17, 15) is 4.79 Å². The van der Waals surface area contributed by atoms with Crippen molar-refractivity contribution in [2.24, 2.45) is 23.2 Å². The van der Waals surface area contributed by atoms with Crippen molar-refractivity contribution in [2.75, 3.05) is 0 Å². The molecule has 0 saturated heterocycles. The van der Waals surface area contributed by atoms with Crippen molar-refractivity contribution < 1.29 is 4.79 Å². The van der Waals surface area contributed by atoms with E-state index in [-0.39, 0.29) is 5.91 Å². The largest absolute Gasteiger partial charge is 0.353 e. The zero-order valence-corrected chi connectivity index (χ0v) is 11.2. The number of rotatable bonds is 3. The van der Waals surface area contributed by atoms with Gasteiger partial charge in [-0.25, -0.2) is 0 Å². The average molecular weight is 235 g/mol. The summed E-state index contributed by atoms with van der Waals surface area (Å²) in [5.41, 5.74) is 0.467. The van der Waals surface area contributed by atoms with Gasteiger partial charge in [0, 0.05) is 13.0 Å². The Labute approximate surface area is 105 Å². The minimum Gasteiger partial charge on any atom is -0.353 e. The Morgan fingerprint density at radius 1 is 1.18 bits per heavy atom. The molecule has 4 saturated carbocycles. The van der Waals surface area contributed by atoms with Gasteiger partial charge in [-0.05, 0) is 68.1 Å². The number of hydrogen-bond donors (Lipinski definition) is 1. The van der Waals surface area contributed by atoms with Gasteiger partial charge in [-0.2, -0.15) is 0 Å². The lowest BCUT2D eigenvalue weighted by atomic mass is 9.47. The fourth-order valence-corrected chi connectivity index (χ4v) is 5.54. The van der Waals surface area contributed by atoms with Gasteiger partial charge in [-0.1, -0.05) is 6.92 Å². The van der Waals surface area contributed by atoms with Crippen LogP contribution in [0.5, 0.6) is 0 Å². The number of nitrogens with one attached hydrogen (secondary N) is 1. The van der Waals surface area contributed by atoms with Crippen LogP contribution >= 0.6 is 0 Å². The fourth-order valence-electron chi connectivity index (χ4n) is 5.54. The lowest BCUT2D eigenvalue weighted by Gasteiger charge is -2.59. The predicted molar refractivity (Wildman–Crippen MR) is 68.5 cm³/mol. The van der Waals surface area contributed by atoms with E-state index in [1.54, 1.807) is 6.92 Å². The van der Waals surface area contributed by atoms with Crippen LogP contribution in [0.1, 0.15) is 58.8 Å². The summed E-state index contributed by atoms with van der Waals surface area (Å²) in [5, 5.41) is 3.25. The molecular formula is C15H25NO. The van der Waals surface area contributed by atoms with Crippen molar-refractivity contribution in [3.63, 3.8) is 0 Å². The van der Waals surface area contributed by atoms with Gasteiger partial charge in [0.25, 0.3) is 0 Å². The van der Waals surface area contributed by atoms with Crippen molar-refractivity contribution in [3.05, 3.63) is 0 Å². The Morgan fingerprint density at radius 3 is 2.00 bits per heavy atom. The van der Waals surface area contributed by atoms with Gasteiger partial charge in [0.15, 0.2) is 0 Å². The van der Waals surface area contributed by atoms with Gasteiger partial charge in [-0.3, -0.25) is 4.79 Å². The van der Waals surface area contributed by atoms with Crippen molar-refractivity contribution in [3.8, 4) is 0 Å². The average Bonchev–Trinajstić information content (AvgIpc) is 2.23. The molecule has 0 aromatic heterocycles. The molecule has 4 aliphatic carbocycles. The van der Waals surface area contributed by atoms with Crippen molar-refractivity contribution in [1.29, 1.82) is 0 Å². The Hall–Kier alpha value is -0.530. The van der Waals surface area contributed by atoms with Gasteiger partial charge in [0.1, 0.15) is 0 Å². The van der Waals surface area contributed by atoms with Crippen molar-refractivity contribution in [2.45, 2.75) is 64.8 Å². The molecule has 0 aromatic rings. The Balaban J connectivity index is 1.82. The molecule has 4 bridgehead atoms. The van der Waals surface area contributed by atoms with E-state index >= 15 is 0 Å². The molecule has 2 nitrogen and oxygen atoms in total. The van der Waals surface area contributed by atoms with E-state index in [2.05, 4.69) is 12.2 Å². The first-order valence-corrected chi connectivity index (χ1v) is 7.38. The lowest BCUT2D eigenvalue weighted by Crippen LogP contribution is -2.56. The molecule has 0 spiro atoms. The molecule has 0 heterocycles. The second-order valence-electron chi connectivity index (χ2n) is 6.94. The van der Waals surface area contributed by atoms with Crippen LogP contribution in [0.2, 0.25) is 0 Å². The highest BCUT2D eigenvalue weighted by atomic mass is 16.1. The monoisotopic (exact) mass is 235 g/mol. The highest BCUT2D eigenvalue weighted by molar-refractivity contribution is 5.73. The molecule has 1 amide bonds. The molecule has 1 N–H and O–H groups in total. The van der Waals surface area contributed by atoms with E-state index in [1.165, 1.54) is 38.5 Å². The Kier molecular flexibility index (Phi) is 2.72. The van der Waals surface area contributed by atoms with E-state index in [4.69, 9.17) is 0 Å². The Bertz CT molecular complexity index is 288. The van der Waals surface area contributed by atoms with Gasteiger partial charge in [0.05, 0.1) is 0 Å². The third-order valence-electron chi connectivity index (χ3n) is 5.61. The molecular weight excluding hydrogens is 210 g/mol. The quantitative estimate of drug-likeness (QED) is 0.800. The fraction of sp³-hybridized carbons (Fsp3) is 0.933. The summed E-state index contributed by atoms with van der Waals surface area (Å²) < 4.78 is 0. The van der Waals surface area contributed by atoms with Crippen molar-refractivity contribution in [1.82, 2.24) is 5.32 Å². The molecule has 2 heteroatoms. The first-order chi connectivity index (χ1) is 8.11. The van der Waals surface area contributed by atoms with E-state index in [0.717, 1.165) is 24.2 Å². The maximum Gasteiger partial charge on any atom is 0.217 e. The van der Waals surface area contributed by atoms with Crippen LogP contribution in [0.15, 0.2) is 0 Å². The van der Waals surface area contributed by atoms with Crippen LogP contribution in [-0.4, -0.2) is 11.9 Å². The Morgan fingerprint density at radius 2 is 1.65 bits per heavy atom. The molecule has 17 heavy (non-hydrogen) atoms. The molecule has 4 rings (SSSR count). The molecule has 4 fully saturated rings. The topological polar surface area (TPSA) is 29.1 Å². The SMILES string of the molecule is CC[C@@H](NC(C)=O)C12CC3CC(CC(C3)C1)C2. The summed E-state index contributed by atoms with van der Waals surface area (Å²) in [4.78, 5) is 11.4. The molecule has 1 atom stereocenters. The number of hydrogen-bond acceptors (Lipinski definition) is 1. The molecule has 0 unspecified atom stereocenters. The van der Waals surface area contributed by atoms with E-state index < -0.39 is 0 Å². The zero-order chi connectivity index (χ0) is 12.0. The zero-order valence-electron chi connectivity index (χ0n) is 11.2. The van der Waals surface area contributed by atoms with Crippen LogP contribution in [0.4, 0.5) is 0 Å². The van der Waals surface area contributed by atoms with E-state index in [0.29, 0.717) is 11.5 Å². The highest BCUT2D eigenvalue weighted by Crippen LogP contribution is 2.61. The number of amides is 1. The molecule has 0 aliphatic heterocycles. The summed E-state index contributed by atoms with van der Waals surface area (Å²) in [5.74, 6) is 3.09. The second kappa shape index (κ2) is 4.00. The van der Waals surface area contributed by atoms with Crippen LogP contribution in [0.25, 0.3) is 0 Å². The van der Waals surface area contributed by atoms with Crippen LogP contribution in [-0.2, 0) is 4.79 Å². The maximum atomic E-state index is 11.4. The minimum atomic E-state index is 0.160. The van der Waals surface area contributed by atoms with Crippen molar-refractivity contribution >= 4 is 5.91 Å². The lowest BCUT2D eigenvalue weighted by molar-refractivity contribution is -0.124. The molecule has 96 valence electrons.